The molecule has 0 saturated carbocycles. The fourth-order valence-electron chi connectivity index (χ4n) is 2.47. The van der Waals surface area contributed by atoms with E-state index in [-0.39, 0.29) is 13.2 Å². The highest BCUT2D eigenvalue weighted by Gasteiger charge is 2.31. The van der Waals surface area contributed by atoms with E-state index in [0.29, 0.717) is 18.4 Å². The second-order valence-corrected chi connectivity index (χ2v) is 5.25. The van der Waals surface area contributed by atoms with Gasteiger partial charge in [0.1, 0.15) is 11.6 Å². The lowest BCUT2D eigenvalue weighted by Gasteiger charge is -2.31. The molecule has 0 spiro atoms. The van der Waals surface area contributed by atoms with Crippen LogP contribution in [-0.2, 0) is 18.9 Å². The highest BCUT2D eigenvalue weighted by Crippen LogP contribution is 2.29. The van der Waals surface area contributed by atoms with Gasteiger partial charge in [0.15, 0.2) is 0 Å². The smallest absolute Gasteiger partial charge is 0.126 e. The lowest BCUT2D eigenvalue weighted by molar-refractivity contribution is 0.187. The highest BCUT2D eigenvalue weighted by molar-refractivity contribution is 5.28. The minimum Gasteiger partial charge on any atom is -0.395 e. The highest BCUT2D eigenvalue weighted by atomic mass is 19.1. The lowest BCUT2D eigenvalue weighted by atomic mass is 9.77. The first kappa shape index (κ1) is 15.6. The molecule has 2 rings (SSSR count). The van der Waals surface area contributed by atoms with Gasteiger partial charge in [0, 0.05) is 37.0 Å². The number of hydrogen-bond acceptors (Lipinski definition) is 3. The number of rotatable bonds is 6. The molecule has 4 nitrogen and oxygen atoms in total. The summed E-state index contributed by atoms with van der Waals surface area (Å²) in [6.45, 7) is -0.172. The van der Waals surface area contributed by atoms with Crippen molar-refractivity contribution in [2.24, 2.45) is 12.8 Å². The summed E-state index contributed by atoms with van der Waals surface area (Å²) in [6, 6.07) is 5.14. The van der Waals surface area contributed by atoms with Crippen LogP contribution in [0, 0.1) is 11.6 Å². The third-order valence-corrected chi connectivity index (χ3v) is 3.95. The molecule has 0 radical (unpaired) electrons. The normalized spacial score (nSPS) is 14.1. The first-order valence-electron chi connectivity index (χ1n) is 6.75. The number of aliphatic hydroxyl groups is 1. The zero-order chi connectivity index (χ0) is 15.5. The second-order valence-electron chi connectivity index (χ2n) is 5.25. The van der Waals surface area contributed by atoms with Crippen molar-refractivity contribution in [2.75, 3.05) is 13.2 Å². The third-order valence-electron chi connectivity index (χ3n) is 3.95. The van der Waals surface area contributed by atoms with Crippen molar-refractivity contribution in [3.05, 3.63) is 53.4 Å². The fourth-order valence-corrected chi connectivity index (χ4v) is 2.47. The number of nitrogens with two attached hydrogens (primary N) is 1. The average Bonchev–Trinajstić information content (AvgIpc) is 2.85. The molecule has 21 heavy (non-hydrogen) atoms. The Morgan fingerprint density at radius 3 is 2.43 bits per heavy atom. The van der Waals surface area contributed by atoms with E-state index in [0.717, 1.165) is 11.8 Å². The van der Waals surface area contributed by atoms with Crippen molar-refractivity contribution in [2.45, 2.75) is 18.3 Å². The molecule has 0 aliphatic rings. The Hall–Kier alpha value is -1.79. The molecular weight excluding hydrogens is 276 g/mol. The summed E-state index contributed by atoms with van der Waals surface area (Å²) < 4.78 is 28.6. The third kappa shape index (κ3) is 3.28. The molecule has 1 atom stereocenters. The Kier molecular flexibility index (Phi) is 4.69. The molecule has 6 heteroatoms. The van der Waals surface area contributed by atoms with Crippen molar-refractivity contribution < 1.29 is 13.9 Å². The van der Waals surface area contributed by atoms with Gasteiger partial charge < -0.3 is 10.8 Å². The van der Waals surface area contributed by atoms with Gasteiger partial charge in [0.2, 0.25) is 0 Å². The molecule has 1 aromatic heterocycles. The predicted molar refractivity (Wildman–Crippen MR) is 75.7 cm³/mol. The zero-order valence-corrected chi connectivity index (χ0v) is 11.9. The van der Waals surface area contributed by atoms with Gasteiger partial charge in [0.05, 0.1) is 6.61 Å². The van der Waals surface area contributed by atoms with Crippen LogP contribution in [0.4, 0.5) is 8.78 Å². The predicted octanol–water partition coefficient (Wildman–Crippen LogP) is 1.52. The van der Waals surface area contributed by atoms with Gasteiger partial charge in [-0.1, -0.05) is 0 Å². The van der Waals surface area contributed by atoms with Crippen LogP contribution in [0.3, 0.4) is 0 Å². The van der Waals surface area contributed by atoms with E-state index in [1.165, 1.54) is 12.1 Å². The Morgan fingerprint density at radius 1 is 1.29 bits per heavy atom. The molecule has 0 bridgehead atoms. The Bertz CT molecular complexity index is 588. The van der Waals surface area contributed by atoms with Crippen LogP contribution in [-0.4, -0.2) is 28.0 Å². The number of nitrogens with zero attached hydrogens (tertiary/aromatic N) is 2. The van der Waals surface area contributed by atoms with Gasteiger partial charge in [-0.15, -0.1) is 0 Å². The number of aryl methyl sites for hydroxylation is 2. The number of benzene rings is 1. The molecule has 0 aliphatic carbocycles. The summed E-state index contributed by atoms with van der Waals surface area (Å²) in [4.78, 5) is 0. The van der Waals surface area contributed by atoms with E-state index >= 15 is 0 Å². The first-order valence-corrected chi connectivity index (χ1v) is 6.75. The van der Waals surface area contributed by atoms with Crippen molar-refractivity contribution in [3.63, 3.8) is 0 Å². The summed E-state index contributed by atoms with van der Waals surface area (Å²) in [7, 11) is 1.82. The molecule has 0 amide bonds. The topological polar surface area (TPSA) is 64.1 Å². The van der Waals surface area contributed by atoms with Gasteiger partial charge >= 0.3 is 0 Å². The van der Waals surface area contributed by atoms with Crippen molar-refractivity contribution in [1.29, 1.82) is 0 Å². The van der Waals surface area contributed by atoms with E-state index in [1.807, 2.05) is 13.1 Å². The minimum atomic E-state index is -0.868. The summed E-state index contributed by atoms with van der Waals surface area (Å²) in [5.74, 6) is -1.34. The molecule has 1 aromatic carbocycles. The molecule has 1 heterocycles. The van der Waals surface area contributed by atoms with Crippen LogP contribution < -0.4 is 5.73 Å². The zero-order valence-electron chi connectivity index (χ0n) is 11.9. The maximum atomic E-state index is 13.4. The summed E-state index contributed by atoms with van der Waals surface area (Å²) >= 11 is 0. The van der Waals surface area contributed by atoms with Gasteiger partial charge in [-0.05, 0) is 36.6 Å². The molecule has 3 N–H and O–H groups in total. The van der Waals surface area contributed by atoms with E-state index in [2.05, 4.69) is 5.10 Å². The number of aromatic nitrogens is 2. The van der Waals surface area contributed by atoms with Gasteiger partial charge in [0.25, 0.3) is 0 Å². The van der Waals surface area contributed by atoms with E-state index in [9.17, 15) is 13.9 Å². The second kappa shape index (κ2) is 6.32. The molecule has 1 unspecified atom stereocenters. The maximum absolute atomic E-state index is 13.4. The average molecular weight is 295 g/mol. The summed E-state index contributed by atoms with van der Waals surface area (Å²) in [5, 5.41) is 13.8. The monoisotopic (exact) mass is 295 g/mol. The largest absolute Gasteiger partial charge is 0.395 e. The molecule has 114 valence electrons. The molecule has 0 aliphatic heterocycles. The number of aliphatic hydroxyl groups excluding tert-OH is 1. The molecule has 0 fully saturated rings. The van der Waals surface area contributed by atoms with Crippen LogP contribution >= 0.6 is 0 Å². The van der Waals surface area contributed by atoms with E-state index in [4.69, 9.17) is 5.73 Å². The SMILES string of the molecule is Cn1nccc1CCC(CN)(CO)c1cc(F)cc(F)c1. The first-order chi connectivity index (χ1) is 10.0. The van der Waals surface area contributed by atoms with Crippen LogP contribution in [0.2, 0.25) is 0 Å². The summed E-state index contributed by atoms with van der Waals surface area (Å²) in [6.07, 6.45) is 2.76. The van der Waals surface area contributed by atoms with Gasteiger partial charge in [-0.3, -0.25) is 4.68 Å². The van der Waals surface area contributed by atoms with Crippen LogP contribution in [0.1, 0.15) is 17.7 Å². The Balaban J connectivity index is 2.29. The number of hydrogen-bond donors (Lipinski definition) is 2. The Labute approximate surface area is 122 Å². The molecule has 2 aromatic rings. The standard InChI is InChI=1S/C15H19F2N3O/c1-20-14(3-5-19-20)2-4-15(9-18,10-21)11-6-12(16)8-13(17)7-11/h3,5-8,21H,2,4,9-10,18H2,1H3. The quantitative estimate of drug-likeness (QED) is 0.849. The fraction of sp³-hybridized carbons (Fsp3) is 0.400. The van der Waals surface area contributed by atoms with Crippen molar-refractivity contribution in [3.8, 4) is 0 Å². The van der Waals surface area contributed by atoms with E-state index in [1.54, 1.807) is 10.9 Å². The van der Waals surface area contributed by atoms with E-state index < -0.39 is 17.0 Å². The van der Waals surface area contributed by atoms with Crippen LogP contribution in [0.5, 0.6) is 0 Å². The molecular formula is C15H19F2N3O. The minimum absolute atomic E-state index is 0.101. The lowest BCUT2D eigenvalue weighted by Crippen LogP contribution is -2.39. The van der Waals surface area contributed by atoms with Gasteiger partial charge in [-0.25, -0.2) is 8.78 Å². The van der Waals surface area contributed by atoms with Crippen LogP contribution in [0.25, 0.3) is 0 Å². The Morgan fingerprint density at radius 2 is 1.95 bits per heavy atom. The van der Waals surface area contributed by atoms with Crippen LogP contribution in [0.15, 0.2) is 30.5 Å². The number of halogens is 2. The maximum Gasteiger partial charge on any atom is 0.126 e. The van der Waals surface area contributed by atoms with Gasteiger partial charge in [-0.2, -0.15) is 5.10 Å². The van der Waals surface area contributed by atoms with Crippen molar-refractivity contribution in [1.82, 2.24) is 9.78 Å². The molecule has 0 saturated heterocycles. The summed E-state index contributed by atoms with van der Waals surface area (Å²) in [5.41, 5.74) is 6.28. The van der Waals surface area contributed by atoms with Crippen molar-refractivity contribution >= 4 is 0 Å².